The van der Waals surface area contributed by atoms with Gasteiger partial charge in [0, 0.05) is 26.6 Å². The van der Waals surface area contributed by atoms with Crippen molar-refractivity contribution >= 4 is 17.7 Å². The first-order chi connectivity index (χ1) is 18.3. The minimum atomic E-state index is -0.989. The Morgan fingerprint density at radius 3 is 2.50 bits per heavy atom. The molecule has 0 spiro atoms. The van der Waals surface area contributed by atoms with Gasteiger partial charge in [-0.2, -0.15) is 0 Å². The van der Waals surface area contributed by atoms with E-state index in [4.69, 9.17) is 4.74 Å². The number of carbonyl (C=O) groups is 3. The molecule has 1 heterocycles. The van der Waals surface area contributed by atoms with Gasteiger partial charge >= 0.3 is 0 Å². The molecule has 2 aliphatic rings. The van der Waals surface area contributed by atoms with E-state index < -0.39 is 35.8 Å². The molecule has 3 amide bonds. The van der Waals surface area contributed by atoms with Crippen LogP contribution >= 0.6 is 0 Å². The lowest BCUT2D eigenvalue weighted by Crippen LogP contribution is -2.56. The standard InChI is InChI=1S/C29H37FN4O4/c1-19-27(35)33-24(18-22-9-3-5-11-23(22)30)28(36)32-15-7-10-20-8-4-6-12-25(20)38-17-16-31-26(21-13-14-21)29(37)34(19)2/h3-6,8-9,11-12,19,21,24,26,31H,7,10,13-18H2,1-2H3,(H,32,36)(H,33,35)/t19-,24-,26+/m1/s1. The Morgan fingerprint density at radius 1 is 1.00 bits per heavy atom. The van der Waals surface area contributed by atoms with Gasteiger partial charge in [0.1, 0.15) is 30.3 Å². The molecule has 1 aliphatic carbocycles. The van der Waals surface area contributed by atoms with E-state index in [0.717, 1.165) is 24.2 Å². The van der Waals surface area contributed by atoms with Gasteiger partial charge in [-0.15, -0.1) is 0 Å². The Labute approximate surface area is 223 Å². The summed E-state index contributed by atoms with van der Waals surface area (Å²) in [6.07, 6.45) is 3.26. The van der Waals surface area contributed by atoms with Gasteiger partial charge in [0.2, 0.25) is 17.7 Å². The van der Waals surface area contributed by atoms with Crippen molar-refractivity contribution in [2.45, 2.75) is 57.2 Å². The number of rotatable bonds is 3. The summed E-state index contributed by atoms with van der Waals surface area (Å²) in [7, 11) is 1.60. The summed E-state index contributed by atoms with van der Waals surface area (Å²) in [6.45, 7) is 2.92. The number of halogens is 1. The maximum absolute atomic E-state index is 14.4. The smallest absolute Gasteiger partial charge is 0.243 e. The number of benzene rings is 2. The van der Waals surface area contributed by atoms with Crippen LogP contribution in [0, 0.1) is 11.7 Å². The summed E-state index contributed by atoms with van der Waals surface area (Å²) < 4.78 is 20.4. The number of nitrogens with one attached hydrogen (secondary N) is 3. The molecule has 204 valence electrons. The molecule has 0 unspecified atom stereocenters. The third kappa shape index (κ3) is 7.10. The Hall–Kier alpha value is -3.46. The lowest BCUT2D eigenvalue weighted by molar-refractivity contribution is -0.141. The van der Waals surface area contributed by atoms with Crippen LogP contribution in [0.15, 0.2) is 48.5 Å². The molecular formula is C29H37FN4O4. The summed E-state index contributed by atoms with van der Waals surface area (Å²) in [5.74, 6) is -0.476. The summed E-state index contributed by atoms with van der Waals surface area (Å²) in [5, 5.41) is 8.99. The molecule has 4 rings (SSSR count). The van der Waals surface area contributed by atoms with E-state index in [2.05, 4.69) is 16.0 Å². The molecule has 9 heteroatoms. The molecular weight excluding hydrogens is 487 g/mol. The largest absolute Gasteiger partial charge is 0.492 e. The summed E-state index contributed by atoms with van der Waals surface area (Å²) in [6, 6.07) is 11.8. The third-order valence-electron chi connectivity index (χ3n) is 7.30. The first kappa shape index (κ1) is 27.6. The van der Waals surface area contributed by atoms with E-state index in [1.807, 2.05) is 24.3 Å². The maximum Gasteiger partial charge on any atom is 0.243 e. The molecule has 3 atom stereocenters. The van der Waals surface area contributed by atoms with Crippen LogP contribution in [-0.4, -0.2) is 67.5 Å². The predicted molar refractivity (Wildman–Crippen MR) is 142 cm³/mol. The molecule has 2 aromatic carbocycles. The molecule has 0 bridgehead atoms. The normalized spacial score (nSPS) is 24.3. The zero-order valence-corrected chi connectivity index (χ0v) is 22.0. The molecule has 2 aromatic rings. The fourth-order valence-corrected chi connectivity index (χ4v) is 4.70. The number of hydrogen-bond acceptors (Lipinski definition) is 5. The zero-order valence-electron chi connectivity index (χ0n) is 22.0. The minimum Gasteiger partial charge on any atom is -0.492 e. The van der Waals surface area contributed by atoms with Gasteiger partial charge in [0.25, 0.3) is 0 Å². The lowest BCUT2D eigenvalue weighted by Gasteiger charge is -2.30. The second kappa shape index (κ2) is 12.9. The Morgan fingerprint density at radius 2 is 1.74 bits per heavy atom. The third-order valence-corrected chi connectivity index (χ3v) is 7.30. The van der Waals surface area contributed by atoms with Gasteiger partial charge in [-0.25, -0.2) is 4.39 Å². The number of nitrogens with zero attached hydrogens (tertiary/aromatic N) is 1. The molecule has 1 aliphatic heterocycles. The number of ether oxygens (including phenoxy) is 1. The molecule has 3 N–H and O–H groups in total. The highest BCUT2D eigenvalue weighted by atomic mass is 19.1. The van der Waals surface area contributed by atoms with E-state index in [1.54, 1.807) is 32.2 Å². The molecule has 8 nitrogen and oxygen atoms in total. The van der Waals surface area contributed by atoms with E-state index in [1.165, 1.54) is 11.0 Å². The van der Waals surface area contributed by atoms with Crippen LogP contribution in [0.25, 0.3) is 0 Å². The van der Waals surface area contributed by atoms with Crippen molar-refractivity contribution in [3.05, 3.63) is 65.5 Å². The van der Waals surface area contributed by atoms with Gasteiger partial charge in [0.05, 0.1) is 6.04 Å². The molecule has 0 aromatic heterocycles. The first-order valence-electron chi connectivity index (χ1n) is 13.4. The lowest BCUT2D eigenvalue weighted by atomic mass is 10.0. The highest BCUT2D eigenvalue weighted by Gasteiger charge is 2.39. The van der Waals surface area contributed by atoms with Crippen LogP contribution in [0.4, 0.5) is 4.39 Å². The van der Waals surface area contributed by atoms with Crippen LogP contribution in [-0.2, 0) is 27.2 Å². The number of fused-ring (bicyclic) bond motifs is 1. The fourth-order valence-electron chi connectivity index (χ4n) is 4.70. The quantitative estimate of drug-likeness (QED) is 0.572. The van der Waals surface area contributed by atoms with Gasteiger partial charge in [0.15, 0.2) is 0 Å². The Balaban J connectivity index is 1.55. The Bertz CT molecular complexity index is 1140. The first-order valence-corrected chi connectivity index (χ1v) is 13.4. The van der Waals surface area contributed by atoms with Crippen LogP contribution in [0.2, 0.25) is 0 Å². The molecule has 38 heavy (non-hydrogen) atoms. The van der Waals surface area contributed by atoms with E-state index in [9.17, 15) is 18.8 Å². The number of likely N-dealkylation sites (N-methyl/N-ethyl adjacent to an activating group) is 1. The van der Waals surface area contributed by atoms with Crippen LogP contribution in [0.1, 0.15) is 37.3 Å². The summed E-state index contributed by atoms with van der Waals surface area (Å²) in [4.78, 5) is 41.1. The highest BCUT2D eigenvalue weighted by molar-refractivity contribution is 5.93. The van der Waals surface area contributed by atoms with Crippen molar-refractivity contribution in [3.8, 4) is 5.75 Å². The van der Waals surface area contributed by atoms with Gasteiger partial charge in [-0.05, 0) is 61.8 Å². The van der Waals surface area contributed by atoms with E-state index in [-0.39, 0.29) is 18.2 Å². The predicted octanol–water partition coefficient (Wildman–Crippen LogP) is 2.21. The van der Waals surface area contributed by atoms with Crippen LogP contribution in [0.3, 0.4) is 0 Å². The average Bonchev–Trinajstić information content (AvgIpc) is 3.76. The number of para-hydroxylation sites is 1. The van der Waals surface area contributed by atoms with E-state index in [0.29, 0.717) is 38.1 Å². The fraction of sp³-hybridized carbons (Fsp3) is 0.483. The van der Waals surface area contributed by atoms with Gasteiger partial charge in [-0.3, -0.25) is 14.4 Å². The van der Waals surface area contributed by atoms with Crippen molar-refractivity contribution in [2.24, 2.45) is 5.92 Å². The average molecular weight is 525 g/mol. The summed E-state index contributed by atoms with van der Waals surface area (Å²) >= 11 is 0. The molecule has 1 saturated carbocycles. The Kier molecular flexibility index (Phi) is 9.33. The number of amides is 3. The van der Waals surface area contributed by atoms with E-state index >= 15 is 0 Å². The number of carbonyl (C=O) groups excluding carboxylic acids is 3. The van der Waals surface area contributed by atoms with Crippen LogP contribution < -0.4 is 20.7 Å². The monoisotopic (exact) mass is 524 g/mol. The van der Waals surface area contributed by atoms with Crippen molar-refractivity contribution in [1.29, 1.82) is 0 Å². The van der Waals surface area contributed by atoms with Crippen molar-refractivity contribution < 1.29 is 23.5 Å². The topological polar surface area (TPSA) is 99.8 Å². The number of hydrogen-bond donors (Lipinski definition) is 3. The second-order valence-electron chi connectivity index (χ2n) is 10.1. The molecule has 1 fully saturated rings. The van der Waals surface area contributed by atoms with Gasteiger partial charge < -0.3 is 25.6 Å². The summed E-state index contributed by atoms with van der Waals surface area (Å²) in [5.41, 5.74) is 1.36. The van der Waals surface area contributed by atoms with Crippen LogP contribution in [0.5, 0.6) is 5.75 Å². The minimum absolute atomic E-state index is 0.00243. The molecule has 0 saturated heterocycles. The van der Waals surface area contributed by atoms with Crippen molar-refractivity contribution in [1.82, 2.24) is 20.9 Å². The van der Waals surface area contributed by atoms with Gasteiger partial charge in [-0.1, -0.05) is 36.4 Å². The number of aryl methyl sites for hydroxylation is 1. The van der Waals surface area contributed by atoms with Crippen molar-refractivity contribution in [3.63, 3.8) is 0 Å². The SMILES string of the molecule is C[C@@H]1C(=O)N[C@H](Cc2ccccc2F)C(=O)NCCCc2ccccc2OCCN[C@@H](C2CC2)C(=O)N1C. The zero-order chi connectivity index (χ0) is 27.1. The van der Waals surface area contributed by atoms with Crippen molar-refractivity contribution in [2.75, 3.05) is 26.7 Å². The molecule has 0 radical (unpaired) electrons. The highest BCUT2D eigenvalue weighted by Crippen LogP contribution is 2.33. The maximum atomic E-state index is 14.4. The second-order valence-corrected chi connectivity index (χ2v) is 10.1.